The van der Waals surface area contributed by atoms with Gasteiger partial charge in [-0.15, -0.1) is 0 Å². The molecular formula is C14H17NO2. The van der Waals surface area contributed by atoms with Crippen LogP contribution < -0.4 is 0 Å². The van der Waals surface area contributed by atoms with Crippen molar-refractivity contribution in [2.45, 2.75) is 26.2 Å². The summed E-state index contributed by atoms with van der Waals surface area (Å²) in [6, 6.07) is 6.30. The van der Waals surface area contributed by atoms with E-state index >= 15 is 0 Å². The van der Waals surface area contributed by atoms with Gasteiger partial charge in [-0.05, 0) is 36.6 Å². The Morgan fingerprint density at radius 2 is 2.24 bits per heavy atom. The van der Waals surface area contributed by atoms with Gasteiger partial charge < -0.3 is 9.72 Å². The van der Waals surface area contributed by atoms with E-state index in [9.17, 15) is 4.79 Å². The SMILES string of the molecule is CCc1ccc2[nH]cc(C(C)C(=O)OC)c2c1. The highest BCUT2D eigenvalue weighted by Gasteiger charge is 2.19. The summed E-state index contributed by atoms with van der Waals surface area (Å²) in [6.07, 6.45) is 2.89. The van der Waals surface area contributed by atoms with Gasteiger partial charge in [0, 0.05) is 17.1 Å². The van der Waals surface area contributed by atoms with E-state index in [1.165, 1.54) is 12.7 Å². The van der Waals surface area contributed by atoms with E-state index in [4.69, 9.17) is 4.74 Å². The maximum atomic E-state index is 11.6. The molecule has 1 N–H and O–H groups in total. The lowest BCUT2D eigenvalue weighted by atomic mass is 9.99. The van der Waals surface area contributed by atoms with Gasteiger partial charge in [0.15, 0.2) is 0 Å². The molecule has 2 aromatic rings. The van der Waals surface area contributed by atoms with Crippen LogP contribution in [0.5, 0.6) is 0 Å². The van der Waals surface area contributed by atoms with E-state index < -0.39 is 0 Å². The van der Waals surface area contributed by atoms with Crippen molar-refractivity contribution in [2.24, 2.45) is 0 Å². The molecule has 0 fully saturated rings. The summed E-state index contributed by atoms with van der Waals surface area (Å²) < 4.78 is 4.79. The fourth-order valence-corrected chi connectivity index (χ4v) is 2.07. The molecule has 0 aliphatic carbocycles. The summed E-state index contributed by atoms with van der Waals surface area (Å²) in [4.78, 5) is 14.8. The molecule has 0 aliphatic heterocycles. The number of hydrogen-bond acceptors (Lipinski definition) is 2. The van der Waals surface area contributed by atoms with Crippen molar-refractivity contribution in [3.05, 3.63) is 35.5 Å². The minimum absolute atomic E-state index is 0.201. The standard InChI is InChI=1S/C14H17NO2/c1-4-10-5-6-13-11(7-10)12(8-15-13)9(2)14(16)17-3/h5-9,15H,4H2,1-3H3. The van der Waals surface area contributed by atoms with Crippen LogP contribution in [0.3, 0.4) is 0 Å². The molecule has 0 amide bonds. The molecule has 2 rings (SSSR count). The number of aromatic nitrogens is 1. The molecular weight excluding hydrogens is 214 g/mol. The third-order valence-electron chi connectivity index (χ3n) is 3.21. The predicted octanol–water partition coefficient (Wildman–Crippen LogP) is 3.01. The lowest BCUT2D eigenvalue weighted by Crippen LogP contribution is -2.10. The van der Waals surface area contributed by atoms with Crippen LogP contribution >= 0.6 is 0 Å². The van der Waals surface area contributed by atoms with Crippen molar-refractivity contribution in [1.82, 2.24) is 4.98 Å². The number of aromatic amines is 1. The summed E-state index contributed by atoms with van der Waals surface area (Å²) in [6.45, 7) is 3.99. The highest BCUT2D eigenvalue weighted by atomic mass is 16.5. The van der Waals surface area contributed by atoms with Gasteiger partial charge in [0.25, 0.3) is 0 Å². The van der Waals surface area contributed by atoms with E-state index in [1.54, 1.807) is 0 Å². The van der Waals surface area contributed by atoms with Gasteiger partial charge >= 0.3 is 5.97 Å². The number of H-pyrrole nitrogens is 1. The number of aryl methyl sites for hydroxylation is 1. The predicted molar refractivity (Wildman–Crippen MR) is 68.1 cm³/mol. The second kappa shape index (κ2) is 4.62. The van der Waals surface area contributed by atoms with Gasteiger partial charge in [0.1, 0.15) is 0 Å². The van der Waals surface area contributed by atoms with Gasteiger partial charge in [-0.2, -0.15) is 0 Å². The first-order chi connectivity index (χ1) is 8.17. The molecule has 0 radical (unpaired) electrons. The molecule has 1 unspecified atom stereocenters. The molecule has 1 heterocycles. The van der Waals surface area contributed by atoms with Crippen molar-refractivity contribution in [2.75, 3.05) is 7.11 Å². The zero-order chi connectivity index (χ0) is 12.4. The van der Waals surface area contributed by atoms with E-state index in [-0.39, 0.29) is 11.9 Å². The molecule has 0 spiro atoms. The second-order valence-corrected chi connectivity index (χ2v) is 4.22. The largest absolute Gasteiger partial charge is 0.469 e. The number of esters is 1. The Morgan fingerprint density at radius 1 is 1.47 bits per heavy atom. The van der Waals surface area contributed by atoms with Crippen molar-refractivity contribution >= 4 is 16.9 Å². The lowest BCUT2D eigenvalue weighted by Gasteiger charge is -2.08. The number of hydrogen-bond donors (Lipinski definition) is 1. The van der Waals surface area contributed by atoms with Crippen molar-refractivity contribution < 1.29 is 9.53 Å². The number of benzene rings is 1. The van der Waals surface area contributed by atoms with Crippen LogP contribution in [-0.2, 0) is 16.0 Å². The minimum atomic E-state index is -0.235. The van der Waals surface area contributed by atoms with E-state index in [0.717, 1.165) is 22.9 Å². The van der Waals surface area contributed by atoms with Crippen LogP contribution in [0.1, 0.15) is 30.9 Å². The van der Waals surface area contributed by atoms with Gasteiger partial charge in [-0.25, -0.2) is 0 Å². The molecule has 1 aromatic carbocycles. The molecule has 3 nitrogen and oxygen atoms in total. The second-order valence-electron chi connectivity index (χ2n) is 4.22. The van der Waals surface area contributed by atoms with E-state index in [2.05, 4.69) is 30.1 Å². The molecule has 3 heteroatoms. The molecule has 90 valence electrons. The van der Waals surface area contributed by atoms with Crippen LogP contribution in [0.25, 0.3) is 10.9 Å². The molecule has 1 aromatic heterocycles. The highest BCUT2D eigenvalue weighted by Crippen LogP contribution is 2.27. The number of fused-ring (bicyclic) bond motifs is 1. The number of methoxy groups -OCH3 is 1. The van der Waals surface area contributed by atoms with Crippen LogP contribution in [0.15, 0.2) is 24.4 Å². The van der Waals surface area contributed by atoms with Gasteiger partial charge in [-0.1, -0.05) is 13.0 Å². The number of nitrogens with one attached hydrogen (secondary N) is 1. The van der Waals surface area contributed by atoms with Gasteiger partial charge in [0.2, 0.25) is 0 Å². The van der Waals surface area contributed by atoms with Crippen LogP contribution in [0.4, 0.5) is 0 Å². The van der Waals surface area contributed by atoms with Crippen molar-refractivity contribution in [3.8, 4) is 0 Å². The Bertz CT molecular complexity index is 542. The summed E-state index contributed by atoms with van der Waals surface area (Å²) in [7, 11) is 1.42. The Kier molecular flexibility index (Phi) is 3.18. The first-order valence-electron chi connectivity index (χ1n) is 5.85. The summed E-state index contributed by atoms with van der Waals surface area (Å²) in [5.41, 5.74) is 3.34. The average Bonchev–Trinajstić information content (AvgIpc) is 2.79. The Labute approximate surface area is 101 Å². The maximum absolute atomic E-state index is 11.6. The van der Waals surface area contributed by atoms with Crippen molar-refractivity contribution in [3.63, 3.8) is 0 Å². The third-order valence-corrected chi connectivity index (χ3v) is 3.21. The summed E-state index contributed by atoms with van der Waals surface area (Å²) in [5, 5.41) is 1.11. The molecule has 17 heavy (non-hydrogen) atoms. The van der Waals surface area contributed by atoms with Crippen LogP contribution in [0.2, 0.25) is 0 Å². The Balaban J connectivity index is 2.50. The number of rotatable bonds is 3. The van der Waals surface area contributed by atoms with Gasteiger partial charge in [0.05, 0.1) is 13.0 Å². The topological polar surface area (TPSA) is 42.1 Å². The summed E-state index contributed by atoms with van der Waals surface area (Å²) in [5.74, 6) is -0.436. The van der Waals surface area contributed by atoms with Gasteiger partial charge in [-0.3, -0.25) is 4.79 Å². The van der Waals surface area contributed by atoms with E-state index in [1.807, 2.05) is 13.1 Å². The lowest BCUT2D eigenvalue weighted by molar-refractivity contribution is -0.141. The first-order valence-corrected chi connectivity index (χ1v) is 5.85. The van der Waals surface area contributed by atoms with Crippen LogP contribution in [0, 0.1) is 0 Å². The monoisotopic (exact) mass is 231 g/mol. The molecule has 0 aliphatic rings. The molecule has 0 saturated carbocycles. The molecule has 0 saturated heterocycles. The normalized spacial score (nSPS) is 12.6. The first kappa shape index (κ1) is 11.7. The zero-order valence-corrected chi connectivity index (χ0v) is 10.4. The average molecular weight is 231 g/mol. The van der Waals surface area contributed by atoms with Crippen molar-refractivity contribution in [1.29, 1.82) is 0 Å². The van der Waals surface area contributed by atoms with E-state index in [0.29, 0.717) is 0 Å². The summed E-state index contributed by atoms with van der Waals surface area (Å²) >= 11 is 0. The third kappa shape index (κ3) is 2.05. The smallest absolute Gasteiger partial charge is 0.312 e. The Hall–Kier alpha value is -1.77. The molecule has 1 atom stereocenters. The van der Waals surface area contributed by atoms with Crippen LogP contribution in [-0.4, -0.2) is 18.1 Å². The minimum Gasteiger partial charge on any atom is -0.469 e. The highest BCUT2D eigenvalue weighted by molar-refractivity contribution is 5.90. The quantitative estimate of drug-likeness (QED) is 0.825. The maximum Gasteiger partial charge on any atom is 0.312 e. The number of carbonyl (C=O) groups is 1. The number of ether oxygens (including phenoxy) is 1. The molecule has 0 bridgehead atoms. The number of carbonyl (C=O) groups excluding carboxylic acids is 1. The zero-order valence-electron chi connectivity index (χ0n) is 10.4. The fourth-order valence-electron chi connectivity index (χ4n) is 2.07. The fraction of sp³-hybridized carbons (Fsp3) is 0.357. The Morgan fingerprint density at radius 3 is 2.88 bits per heavy atom.